The number of carbonyl (C=O) groups is 1. The van der Waals surface area contributed by atoms with Crippen LogP contribution in [0.1, 0.15) is 23.2 Å². The number of aliphatic imine (C=N–C) groups is 1. The molecule has 3 aromatic carbocycles. The first kappa shape index (κ1) is 32.3. The van der Waals surface area contributed by atoms with Crippen molar-refractivity contribution < 1.29 is 28.1 Å². The van der Waals surface area contributed by atoms with Gasteiger partial charge in [0.05, 0.1) is 33.9 Å². The van der Waals surface area contributed by atoms with Crippen LogP contribution in [0.15, 0.2) is 81.6 Å². The van der Waals surface area contributed by atoms with E-state index in [9.17, 15) is 18.8 Å². The summed E-state index contributed by atoms with van der Waals surface area (Å²) in [6.45, 7) is 1.14. The summed E-state index contributed by atoms with van der Waals surface area (Å²) in [7, 11) is 3.12. The average molecular weight is 674 g/mol. The lowest BCUT2D eigenvalue weighted by Gasteiger charge is -2.23. The van der Waals surface area contributed by atoms with Crippen molar-refractivity contribution in [1.29, 1.82) is 0 Å². The third-order valence-electron chi connectivity index (χ3n) is 7.36. The van der Waals surface area contributed by atoms with Crippen molar-refractivity contribution in [2.75, 3.05) is 32.2 Å². The van der Waals surface area contributed by atoms with Gasteiger partial charge in [0.1, 0.15) is 36.1 Å². The molecule has 0 saturated carbocycles. The maximum absolute atomic E-state index is 13.5. The number of hydrogen-bond donors (Lipinski definition) is 1. The maximum atomic E-state index is 13.5. The summed E-state index contributed by atoms with van der Waals surface area (Å²) in [6.07, 6.45) is 6.12. The van der Waals surface area contributed by atoms with Crippen LogP contribution in [0.4, 0.5) is 10.1 Å². The topological polar surface area (TPSA) is 135 Å². The first-order valence-electron chi connectivity index (χ1n) is 14.9. The fourth-order valence-electron chi connectivity index (χ4n) is 5.07. The number of aryl methyl sites for hydroxylation is 1. The quantitative estimate of drug-likeness (QED) is 0.151. The van der Waals surface area contributed by atoms with Gasteiger partial charge in [0.25, 0.3) is 11.5 Å². The Bertz CT molecular complexity index is 2170. The molecule has 0 atom stereocenters. The van der Waals surface area contributed by atoms with Gasteiger partial charge in [-0.25, -0.2) is 13.8 Å². The molecule has 0 radical (unpaired) electrons. The second-order valence-corrected chi connectivity index (χ2v) is 11.0. The molecule has 1 aliphatic heterocycles. The monoisotopic (exact) mass is 673 g/mol. The van der Waals surface area contributed by atoms with Crippen LogP contribution in [0.5, 0.6) is 28.7 Å². The van der Waals surface area contributed by atoms with E-state index in [4.69, 9.17) is 30.5 Å². The van der Waals surface area contributed by atoms with Crippen molar-refractivity contribution in [3.05, 3.63) is 104 Å². The van der Waals surface area contributed by atoms with Gasteiger partial charge in [-0.15, -0.1) is 0 Å². The van der Waals surface area contributed by atoms with E-state index in [2.05, 4.69) is 15.3 Å². The predicted octanol–water partition coefficient (Wildman–Crippen LogP) is 5.55. The molecular weight excluding hydrogens is 645 g/mol. The van der Waals surface area contributed by atoms with E-state index >= 15 is 0 Å². The van der Waals surface area contributed by atoms with Gasteiger partial charge in [-0.2, -0.15) is 0 Å². The van der Waals surface area contributed by atoms with Gasteiger partial charge < -0.3 is 33.8 Å². The molecule has 0 aliphatic carbocycles. The van der Waals surface area contributed by atoms with E-state index in [-0.39, 0.29) is 22.0 Å². The number of nitrogens with one attached hydrogen (secondary N) is 1. The number of ether oxygens (including phenoxy) is 4. The van der Waals surface area contributed by atoms with Crippen LogP contribution in [0.3, 0.4) is 0 Å². The van der Waals surface area contributed by atoms with Crippen molar-refractivity contribution in [3.8, 4) is 34.4 Å². The van der Waals surface area contributed by atoms with Crippen molar-refractivity contribution >= 4 is 40.3 Å². The summed E-state index contributed by atoms with van der Waals surface area (Å²) >= 11 is 6.55. The van der Waals surface area contributed by atoms with Crippen LogP contribution in [0.25, 0.3) is 16.6 Å². The molecule has 0 bridgehead atoms. The zero-order chi connectivity index (χ0) is 33.8. The number of aromatic nitrogens is 3. The Hall–Kier alpha value is -5.69. The molecule has 6 rings (SSSR count). The molecule has 48 heavy (non-hydrogen) atoms. The number of benzene rings is 3. The molecular formula is C34H29ClFN5O7. The highest BCUT2D eigenvalue weighted by Gasteiger charge is 2.25. The van der Waals surface area contributed by atoms with Crippen LogP contribution in [0.2, 0.25) is 5.02 Å². The molecule has 1 aliphatic rings. The summed E-state index contributed by atoms with van der Waals surface area (Å²) < 4.78 is 39.5. The summed E-state index contributed by atoms with van der Waals surface area (Å²) in [5.74, 6) is 0.849. The highest BCUT2D eigenvalue weighted by molar-refractivity contribution is 6.34. The number of pyridine rings is 1. The van der Waals surface area contributed by atoms with E-state index in [0.717, 1.165) is 40.3 Å². The Morgan fingerprint density at radius 2 is 1.85 bits per heavy atom. The summed E-state index contributed by atoms with van der Waals surface area (Å²) in [4.78, 5) is 47.7. The number of amides is 1. The molecule has 0 unspecified atom stereocenters. The number of carbonyl (C=O) groups excluding carboxylic acids is 1. The third kappa shape index (κ3) is 6.58. The average Bonchev–Trinajstić information content (AvgIpc) is 3.08. The summed E-state index contributed by atoms with van der Waals surface area (Å²) in [5.41, 5.74) is -1.04. The van der Waals surface area contributed by atoms with Crippen molar-refractivity contribution in [2.45, 2.75) is 12.8 Å². The molecule has 5 aromatic rings. The molecule has 2 aromatic heterocycles. The number of fused-ring (bicyclic) bond motifs is 3. The highest BCUT2D eigenvalue weighted by Crippen LogP contribution is 2.48. The van der Waals surface area contributed by atoms with E-state index in [0.29, 0.717) is 59.5 Å². The van der Waals surface area contributed by atoms with Crippen LogP contribution < -0.4 is 35.5 Å². The van der Waals surface area contributed by atoms with Gasteiger partial charge in [-0.05, 0) is 61.5 Å². The largest absolute Gasteiger partial charge is 0.489 e. The molecule has 0 saturated heterocycles. The van der Waals surface area contributed by atoms with Gasteiger partial charge >= 0.3 is 5.69 Å². The second kappa shape index (κ2) is 14.0. The maximum Gasteiger partial charge on any atom is 0.335 e. The van der Waals surface area contributed by atoms with Gasteiger partial charge in [-0.1, -0.05) is 11.6 Å². The summed E-state index contributed by atoms with van der Waals surface area (Å²) in [6, 6.07) is 12.8. The second-order valence-electron chi connectivity index (χ2n) is 10.6. The van der Waals surface area contributed by atoms with Crippen molar-refractivity contribution in [1.82, 2.24) is 14.1 Å². The minimum Gasteiger partial charge on any atom is -0.489 e. The first-order valence-corrected chi connectivity index (χ1v) is 15.2. The fourth-order valence-corrected chi connectivity index (χ4v) is 5.29. The molecule has 3 heterocycles. The number of hydrogen-bond acceptors (Lipinski definition) is 9. The highest BCUT2D eigenvalue weighted by atomic mass is 35.5. The first-order chi connectivity index (χ1) is 23.2. The molecule has 1 N–H and O–H groups in total. The molecule has 246 valence electrons. The van der Waals surface area contributed by atoms with Gasteiger partial charge in [0.2, 0.25) is 5.75 Å². The van der Waals surface area contributed by atoms with Crippen molar-refractivity contribution in [2.24, 2.45) is 12.0 Å². The normalized spacial score (nSPS) is 12.3. The Morgan fingerprint density at radius 1 is 1.08 bits per heavy atom. The Balaban J connectivity index is 1.25. The number of unbranched alkanes of at least 4 members (excludes halogenated alkanes) is 1. The number of rotatable bonds is 10. The van der Waals surface area contributed by atoms with E-state index in [1.54, 1.807) is 31.4 Å². The number of halogens is 2. The van der Waals surface area contributed by atoms with Crippen LogP contribution in [0, 0.1) is 5.82 Å². The fraction of sp³-hybridized carbons (Fsp3) is 0.206. The molecule has 1 amide bonds. The number of nitrogens with zero attached hydrogens (tertiary/aromatic N) is 4. The van der Waals surface area contributed by atoms with E-state index < -0.39 is 23.0 Å². The van der Waals surface area contributed by atoms with Gasteiger partial charge in [0.15, 0.2) is 11.5 Å². The number of anilines is 1. The zero-order valence-electron chi connectivity index (χ0n) is 25.9. The molecule has 12 nitrogen and oxygen atoms in total. The van der Waals surface area contributed by atoms with E-state index in [1.807, 2.05) is 6.21 Å². The lowest BCUT2D eigenvalue weighted by molar-refractivity contribution is 0.102. The minimum atomic E-state index is -0.878. The Labute approximate surface area is 277 Å². The van der Waals surface area contributed by atoms with E-state index in [1.165, 1.54) is 31.3 Å². The van der Waals surface area contributed by atoms with Crippen LogP contribution in [-0.2, 0) is 7.05 Å². The Morgan fingerprint density at radius 3 is 2.60 bits per heavy atom. The standard InChI is InChI=1S/C34H29ClFN5O7/c1-37-12-3-4-14-45-28-18-26-29(31-30(28)46-15-16-47-31)27(11-13-38-26)48-22-9-10-25(24(35)17-22)39-32(42)23-19-40(2)34(44)41(33(23)43)21-7-5-20(36)6-8-21/h5-13,17-19H,3-4,14-16H2,1-2H3,(H,39,42)/b37-12-. The molecule has 0 spiro atoms. The third-order valence-corrected chi connectivity index (χ3v) is 7.67. The van der Waals surface area contributed by atoms with Gasteiger partial charge in [0, 0.05) is 38.6 Å². The minimum absolute atomic E-state index is 0.111. The Kier molecular flexibility index (Phi) is 9.39. The zero-order valence-corrected chi connectivity index (χ0v) is 26.6. The molecule has 14 heteroatoms. The lowest BCUT2D eigenvalue weighted by Crippen LogP contribution is -2.41. The molecule has 0 fully saturated rings. The summed E-state index contributed by atoms with van der Waals surface area (Å²) in [5, 5.41) is 3.32. The van der Waals surface area contributed by atoms with Gasteiger partial charge in [-0.3, -0.25) is 14.6 Å². The van der Waals surface area contributed by atoms with Crippen LogP contribution in [-0.4, -0.2) is 53.1 Å². The SMILES string of the molecule is C/N=C\CCCOc1cc2nccc(Oc3ccc(NC(=O)c4cn(C)c(=O)n(-c5ccc(F)cc5)c4=O)c(Cl)c3)c2c2c1OCCO2. The van der Waals surface area contributed by atoms with Crippen LogP contribution >= 0.6 is 11.6 Å². The smallest absolute Gasteiger partial charge is 0.335 e. The van der Waals surface area contributed by atoms with Crippen molar-refractivity contribution in [3.63, 3.8) is 0 Å². The lowest BCUT2D eigenvalue weighted by atomic mass is 10.1. The predicted molar refractivity (Wildman–Crippen MR) is 179 cm³/mol.